The Morgan fingerprint density at radius 1 is 1.50 bits per heavy atom. The number of Topliss-reactive ketones (excluding diaryl/α,β-unsaturated/α-hetero) is 1. The molecule has 0 fully saturated rings. The van der Waals surface area contributed by atoms with Crippen LogP contribution in [-0.2, 0) is 14.4 Å². The molecule has 0 rings (SSSR count). The van der Waals surface area contributed by atoms with Crippen LogP contribution in [0.2, 0.25) is 0 Å². The molecule has 0 saturated heterocycles. The van der Waals surface area contributed by atoms with Crippen molar-refractivity contribution in [3.8, 4) is 0 Å². The molecule has 0 aromatic rings. The lowest BCUT2D eigenvalue weighted by Crippen LogP contribution is -2.34. The van der Waals surface area contributed by atoms with Crippen molar-refractivity contribution in [2.75, 3.05) is 13.6 Å². The minimum atomic E-state index is -0.371. The van der Waals surface area contributed by atoms with Crippen LogP contribution in [0.1, 0.15) is 19.8 Å². The van der Waals surface area contributed by atoms with Crippen molar-refractivity contribution in [1.82, 2.24) is 4.90 Å². The molecule has 0 aromatic heterocycles. The van der Waals surface area contributed by atoms with Gasteiger partial charge < -0.3 is 9.69 Å². The van der Waals surface area contributed by atoms with Crippen LogP contribution >= 0.6 is 9.24 Å². The zero-order valence-corrected chi connectivity index (χ0v) is 9.68. The second-order valence-electron chi connectivity index (χ2n) is 3.22. The van der Waals surface area contributed by atoms with Gasteiger partial charge in [-0.3, -0.25) is 9.59 Å². The van der Waals surface area contributed by atoms with Gasteiger partial charge in [0.15, 0.2) is 0 Å². The van der Waals surface area contributed by atoms with Crippen LogP contribution in [0.15, 0.2) is 0 Å². The van der Waals surface area contributed by atoms with E-state index in [2.05, 4.69) is 9.24 Å². The lowest BCUT2D eigenvalue weighted by Gasteiger charge is -2.19. The summed E-state index contributed by atoms with van der Waals surface area (Å²) in [5.74, 6) is -0.0660. The Hall–Kier alpha value is -0.760. The van der Waals surface area contributed by atoms with E-state index < -0.39 is 0 Å². The molecule has 5 heteroatoms. The highest BCUT2D eigenvalue weighted by Gasteiger charge is 2.16. The van der Waals surface area contributed by atoms with Gasteiger partial charge in [-0.15, -0.1) is 9.24 Å². The number of ketones is 1. The van der Waals surface area contributed by atoms with Gasteiger partial charge in [-0.25, -0.2) is 0 Å². The minimum Gasteiger partial charge on any atom is -0.345 e. The molecule has 0 aliphatic carbocycles. The maximum atomic E-state index is 11.5. The van der Waals surface area contributed by atoms with Crippen molar-refractivity contribution in [3.05, 3.63) is 0 Å². The molecule has 14 heavy (non-hydrogen) atoms. The number of hydrogen-bond donors (Lipinski definition) is 0. The van der Waals surface area contributed by atoms with Gasteiger partial charge in [-0.1, -0.05) is 0 Å². The lowest BCUT2D eigenvalue weighted by atomic mass is 10.2. The van der Waals surface area contributed by atoms with E-state index in [9.17, 15) is 14.4 Å². The fourth-order valence-corrected chi connectivity index (χ4v) is 1.29. The van der Waals surface area contributed by atoms with E-state index in [0.29, 0.717) is 19.3 Å². The molecule has 0 heterocycles. The van der Waals surface area contributed by atoms with E-state index in [0.717, 1.165) is 0 Å². The summed E-state index contributed by atoms with van der Waals surface area (Å²) in [6.07, 6.45) is 1.28. The van der Waals surface area contributed by atoms with Gasteiger partial charge in [0.05, 0.1) is 5.66 Å². The Morgan fingerprint density at radius 2 is 2.07 bits per heavy atom. The summed E-state index contributed by atoms with van der Waals surface area (Å²) < 4.78 is 0. The van der Waals surface area contributed by atoms with Gasteiger partial charge in [0, 0.05) is 26.4 Å². The summed E-state index contributed by atoms with van der Waals surface area (Å²) in [6, 6.07) is 0. The summed E-state index contributed by atoms with van der Waals surface area (Å²) in [6.45, 7) is 1.90. The van der Waals surface area contributed by atoms with E-state index in [4.69, 9.17) is 0 Å². The van der Waals surface area contributed by atoms with Crippen molar-refractivity contribution in [2.45, 2.75) is 25.4 Å². The van der Waals surface area contributed by atoms with Crippen LogP contribution in [0.5, 0.6) is 0 Å². The van der Waals surface area contributed by atoms with Crippen LogP contribution in [0.25, 0.3) is 0 Å². The van der Waals surface area contributed by atoms with Crippen molar-refractivity contribution >= 4 is 27.2 Å². The highest BCUT2D eigenvalue weighted by Crippen LogP contribution is 2.07. The molecule has 0 spiro atoms. The van der Waals surface area contributed by atoms with Gasteiger partial charge >= 0.3 is 0 Å². The Morgan fingerprint density at radius 3 is 2.50 bits per heavy atom. The van der Waals surface area contributed by atoms with Crippen LogP contribution in [-0.4, -0.2) is 42.1 Å². The molecule has 0 aliphatic rings. The summed E-state index contributed by atoms with van der Waals surface area (Å²) in [5.41, 5.74) is -0.371. The average Bonchev–Trinajstić information content (AvgIpc) is 2.13. The molecule has 0 saturated carbocycles. The van der Waals surface area contributed by atoms with Gasteiger partial charge in [0.2, 0.25) is 5.91 Å². The molecular formula is C9H16NO3P. The third-order valence-electron chi connectivity index (χ3n) is 1.84. The fourth-order valence-electron chi connectivity index (χ4n) is 0.923. The number of hydrogen-bond acceptors (Lipinski definition) is 3. The number of carbonyl (C=O) groups is 3. The zero-order valence-electron chi connectivity index (χ0n) is 8.53. The average molecular weight is 217 g/mol. The van der Waals surface area contributed by atoms with E-state index in [1.807, 2.05) is 0 Å². The largest absolute Gasteiger partial charge is 0.345 e. The molecule has 1 amide bonds. The SMILES string of the molecule is CC(=O)CCN(C)C(=O)C(P)CC=O. The number of rotatable bonds is 6. The molecule has 0 aliphatic heterocycles. The molecule has 4 nitrogen and oxygen atoms in total. The molecule has 0 N–H and O–H groups in total. The van der Waals surface area contributed by atoms with E-state index in [1.54, 1.807) is 7.05 Å². The van der Waals surface area contributed by atoms with Crippen LogP contribution in [0.3, 0.4) is 0 Å². The molecule has 2 atom stereocenters. The smallest absolute Gasteiger partial charge is 0.229 e. The first-order chi connectivity index (χ1) is 6.49. The van der Waals surface area contributed by atoms with Gasteiger partial charge in [-0.2, -0.15) is 0 Å². The second-order valence-corrected chi connectivity index (χ2v) is 4.03. The molecule has 2 unspecified atom stereocenters. The third-order valence-corrected chi connectivity index (χ3v) is 2.40. The summed E-state index contributed by atoms with van der Waals surface area (Å²) in [5, 5.41) is 0. The first kappa shape index (κ1) is 13.2. The van der Waals surface area contributed by atoms with Crippen molar-refractivity contribution in [2.24, 2.45) is 0 Å². The van der Waals surface area contributed by atoms with Crippen molar-refractivity contribution in [1.29, 1.82) is 0 Å². The molecule has 0 aromatic carbocycles. The van der Waals surface area contributed by atoms with Crippen LogP contribution in [0, 0.1) is 0 Å². The van der Waals surface area contributed by atoms with E-state index in [-0.39, 0.29) is 23.8 Å². The standard InChI is InChI=1S/C9H16NO3P/c1-7(12)3-5-10(2)9(13)8(14)4-6-11/h6,8H,3-5,14H2,1-2H3. The number of carbonyl (C=O) groups excluding carboxylic acids is 3. The first-order valence-electron chi connectivity index (χ1n) is 4.42. The molecule has 0 bridgehead atoms. The lowest BCUT2D eigenvalue weighted by molar-refractivity contribution is -0.130. The first-order valence-corrected chi connectivity index (χ1v) is 5.09. The Labute approximate surface area is 86.2 Å². The normalized spacial score (nSPS) is 11.9. The highest BCUT2D eigenvalue weighted by atomic mass is 31.0. The Bertz CT molecular complexity index is 230. The predicted octanol–water partition coefficient (Wildman–Crippen LogP) is 0.257. The van der Waals surface area contributed by atoms with Crippen LogP contribution in [0.4, 0.5) is 0 Å². The molecule has 0 radical (unpaired) electrons. The van der Waals surface area contributed by atoms with Crippen molar-refractivity contribution < 1.29 is 14.4 Å². The fraction of sp³-hybridized carbons (Fsp3) is 0.667. The van der Waals surface area contributed by atoms with Gasteiger partial charge in [-0.05, 0) is 6.92 Å². The van der Waals surface area contributed by atoms with Crippen molar-refractivity contribution in [3.63, 3.8) is 0 Å². The predicted molar refractivity (Wildman–Crippen MR) is 57.1 cm³/mol. The number of nitrogens with zero attached hydrogens (tertiary/aromatic N) is 1. The number of amides is 1. The third kappa shape index (κ3) is 5.07. The van der Waals surface area contributed by atoms with Gasteiger partial charge in [0.1, 0.15) is 12.1 Å². The number of aldehydes is 1. The van der Waals surface area contributed by atoms with Crippen LogP contribution < -0.4 is 0 Å². The monoisotopic (exact) mass is 217 g/mol. The summed E-state index contributed by atoms with van der Waals surface area (Å²) >= 11 is 0. The zero-order chi connectivity index (χ0) is 11.1. The summed E-state index contributed by atoms with van der Waals surface area (Å²) in [7, 11) is 3.96. The van der Waals surface area contributed by atoms with E-state index >= 15 is 0 Å². The maximum absolute atomic E-state index is 11.5. The Balaban J connectivity index is 3.97. The summed E-state index contributed by atoms with van der Waals surface area (Å²) in [4.78, 5) is 33.8. The quantitative estimate of drug-likeness (QED) is 0.473. The molecule has 80 valence electrons. The van der Waals surface area contributed by atoms with E-state index in [1.165, 1.54) is 11.8 Å². The highest BCUT2D eigenvalue weighted by molar-refractivity contribution is 7.19. The second kappa shape index (κ2) is 6.66. The topological polar surface area (TPSA) is 54.5 Å². The molecular weight excluding hydrogens is 201 g/mol. The minimum absolute atomic E-state index is 0.0559. The Kier molecular flexibility index (Phi) is 6.30. The maximum Gasteiger partial charge on any atom is 0.229 e. The van der Waals surface area contributed by atoms with Gasteiger partial charge in [0.25, 0.3) is 0 Å².